The summed E-state index contributed by atoms with van der Waals surface area (Å²) >= 11 is 0. The minimum atomic E-state index is -3.50. The summed E-state index contributed by atoms with van der Waals surface area (Å²) in [5.74, 6) is 1.43. The van der Waals surface area contributed by atoms with Crippen LogP contribution < -0.4 is 9.38 Å². The molecule has 0 aliphatic carbocycles. The maximum absolute atomic E-state index is 13.5. The van der Waals surface area contributed by atoms with Gasteiger partial charge >= 0.3 is 0 Å². The summed E-state index contributed by atoms with van der Waals surface area (Å²) in [6.07, 6.45) is 4.40. The minimum Gasteiger partial charge on any atom is -0.429 e. The number of hydrogen-bond donors (Lipinski definition) is 0. The van der Waals surface area contributed by atoms with Crippen LogP contribution in [-0.4, -0.2) is 46.8 Å². The van der Waals surface area contributed by atoms with Crippen LogP contribution in [0.3, 0.4) is 0 Å². The van der Waals surface area contributed by atoms with Crippen LogP contribution in [0.15, 0.2) is 53.7 Å². The van der Waals surface area contributed by atoms with Crippen LogP contribution in [0.25, 0.3) is 0 Å². The second-order valence-corrected chi connectivity index (χ2v) is 12.1. The molecule has 7 heteroatoms. The Hall–Kier alpha value is -1.86. The molecule has 0 N–H and O–H groups in total. The van der Waals surface area contributed by atoms with Crippen LogP contribution in [0.1, 0.15) is 33.3 Å². The maximum atomic E-state index is 13.5. The van der Waals surface area contributed by atoms with Crippen molar-refractivity contribution in [3.63, 3.8) is 0 Å². The van der Waals surface area contributed by atoms with Crippen molar-refractivity contribution in [3.8, 4) is 0 Å². The average Bonchev–Trinajstić information content (AvgIpc) is 2.73. The number of hydrogen-bond acceptors (Lipinski definition) is 3. The van der Waals surface area contributed by atoms with Gasteiger partial charge < -0.3 is 9.38 Å². The van der Waals surface area contributed by atoms with Gasteiger partial charge in [-0.25, -0.2) is 12.7 Å². The van der Waals surface area contributed by atoms with E-state index >= 15 is 0 Å². The normalized spacial score (nSPS) is 21.1. The molecule has 0 radical (unpaired) electrons. The van der Waals surface area contributed by atoms with Crippen molar-refractivity contribution in [2.75, 3.05) is 32.1 Å². The van der Waals surface area contributed by atoms with E-state index in [1.54, 1.807) is 16.4 Å². The summed E-state index contributed by atoms with van der Waals surface area (Å²) in [5, 5.41) is 0. The highest BCUT2D eigenvalue weighted by molar-refractivity contribution is 7.89. The van der Waals surface area contributed by atoms with Crippen molar-refractivity contribution in [1.29, 1.82) is 0 Å². The van der Waals surface area contributed by atoms with E-state index in [4.69, 9.17) is 0 Å². The number of sulfonamides is 1. The minimum absolute atomic E-state index is 0.316. The number of rotatable bonds is 6. The zero-order valence-corrected chi connectivity index (χ0v) is 20.9. The molecule has 1 aromatic carbocycles. The van der Waals surface area contributed by atoms with Gasteiger partial charge in [0, 0.05) is 31.9 Å². The predicted octanol–water partition coefficient (Wildman–Crippen LogP) is 3.68. The van der Waals surface area contributed by atoms with Gasteiger partial charge in [-0.2, -0.15) is 0 Å². The Morgan fingerprint density at radius 2 is 1.42 bits per heavy atom. The number of aromatic nitrogens is 1. The van der Waals surface area contributed by atoms with E-state index in [0.717, 1.165) is 5.56 Å². The van der Waals surface area contributed by atoms with E-state index in [9.17, 15) is 8.42 Å². The molecule has 0 bridgehead atoms. The molecule has 0 saturated carbocycles. The maximum Gasteiger partial charge on any atom is 0.274 e. The van der Waals surface area contributed by atoms with E-state index in [2.05, 4.69) is 75.7 Å². The van der Waals surface area contributed by atoms with Crippen molar-refractivity contribution < 1.29 is 12.9 Å². The van der Waals surface area contributed by atoms with Crippen molar-refractivity contribution in [2.45, 2.75) is 51.1 Å². The molecule has 0 amide bonds. The van der Waals surface area contributed by atoms with Crippen LogP contribution in [0, 0.1) is 18.8 Å². The Kier molecular flexibility index (Phi) is 7.16. The van der Waals surface area contributed by atoms with Crippen LogP contribution in [0.5, 0.6) is 0 Å². The first-order valence-corrected chi connectivity index (χ1v) is 12.9. The van der Waals surface area contributed by atoms with Crippen LogP contribution in [0.4, 0.5) is 5.69 Å². The molecule has 3 rings (SSSR count). The fourth-order valence-corrected chi connectivity index (χ4v) is 6.78. The van der Waals surface area contributed by atoms with Crippen molar-refractivity contribution >= 4 is 22.6 Å². The summed E-state index contributed by atoms with van der Waals surface area (Å²) in [6, 6.07) is 11.6. The summed E-state index contributed by atoms with van der Waals surface area (Å²) in [6.45, 7) is 11.3. The lowest BCUT2D eigenvalue weighted by Crippen LogP contribution is -2.65. The number of benzene rings is 1. The predicted molar refractivity (Wildman–Crippen MR) is 131 cm³/mol. The van der Waals surface area contributed by atoms with Crippen molar-refractivity contribution in [1.82, 2.24) is 4.31 Å². The van der Waals surface area contributed by atoms with Gasteiger partial charge in [0.2, 0.25) is 10.0 Å². The first-order valence-electron chi connectivity index (χ1n) is 11.5. The molecular formula is C24H38BN3O2S. The third-order valence-corrected chi connectivity index (χ3v) is 9.15. The zero-order valence-electron chi connectivity index (χ0n) is 20.1. The number of pyridine rings is 1. The van der Waals surface area contributed by atoms with E-state index < -0.39 is 16.9 Å². The number of anilines is 1. The molecule has 5 nitrogen and oxygen atoms in total. The Bertz CT molecular complexity index is 955. The molecule has 1 aliphatic rings. The topological polar surface area (TPSA) is 44.5 Å². The fraction of sp³-hybridized carbons (Fsp3) is 0.542. The quantitative estimate of drug-likeness (QED) is 0.640. The Balaban J connectivity index is 1.99. The summed E-state index contributed by atoms with van der Waals surface area (Å²) in [5.41, 5.74) is 2.25. The first kappa shape index (κ1) is 23.8. The molecule has 31 heavy (non-hydrogen) atoms. The smallest absolute Gasteiger partial charge is 0.274 e. The van der Waals surface area contributed by atoms with Crippen molar-refractivity contribution in [3.05, 3.63) is 54.4 Å². The molecule has 1 saturated heterocycles. The molecule has 0 spiro atoms. The highest BCUT2D eigenvalue weighted by Gasteiger charge is 2.44. The largest absolute Gasteiger partial charge is 0.429 e. The molecule has 170 valence electrons. The van der Waals surface area contributed by atoms with Crippen LogP contribution in [-0.2, 0) is 10.0 Å². The highest BCUT2D eigenvalue weighted by atomic mass is 32.2. The van der Waals surface area contributed by atoms with Gasteiger partial charge in [0.25, 0.3) is 6.85 Å². The third kappa shape index (κ3) is 4.98. The first-order chi connectivity index (χ1) is 14.5. The fourth-order valence-electron chi connectivity index (χ4n) is 5.23. The average molecular weight is 443 g/mol. The molecule has 1 aliphatic heterocycles. The standard InChI is InChI=1S/C24H38BN3O2S/c1-18(2)23-16-28(31(29,30)22-10-8-20(5)9-11-22)17-24(19(3)4)25(23)27-14-12-21(13-15-27)26(6)7/h8-15,18-19,23-25H,16-17H2,1-7H3/t23-,24-/m0/s1. The Morgan fingerprint density at radius 1 is 0.935 bits per heavy atom. The van der Waals surface area contributed by atoms with E-state index in [0.29, 0.717) is 41.5 Å². The number of nitrogens with zero attached hydrogens (tertiary/aromatic N) is 3. The second-order valence-electron chi connectivity index (χ2n) is 10.2. The molecule has 0 unspecified atom stereocenters. The molecule has 2 aromatic rings. The number of aryl methyl sites for hydroxylation is 1. The van der Waals surface area contributed by atoms with Crippen molar-refractivity contribution in [2.24, 2.45) is 11.8 Å². The van der Waals surface area contributed by atoms with E-state index in [-0.39, 0.29) is 0 Å². The van der Waals surface area contributed by atoms with E-state index in [1.807, 2.05) is 19.1 Å². The summed E-state index contributed by atoms with van der Waals surface area (Å²) in [4.78, 5) is 2.51. The highest BCUT2D eigenvalue weighted by Crippen LogP contribution is 2.39. The Labute approximate surface area is 189 Å². The van der Waals surface area contributed by atoms with Gasteiger partial charge in [-0.3, -0.25) is 0 Å². The van der Waals surface area contributed by atoms with Gasteiger partial charge in [0.1, 0.15) is 12.4 Å². The monoisotopic (exact) mass is 443 g/mol. The van der Waals surface area contributed by atoms with Gasteiger partial charge in [0.15, 0.2) is 0 Å². The third-order valence-electron chi connectivity index (χ3n) is 7.31. The summed E-state index contributed by atoms with van der Waals surface area (Å²) in [7, 11) is 0.596. The molecule has 2 atom stereocenters. The molecule has 2 heterocycles. The van der Waals surface area contributed by atoms with Crippen LogP contribution in [0.2, 0.25) is 11.6 Å². The van der Waals surface area contributed by atoms with Gasteiger partial charge in [-0.15, -0.1) is 0 Å². The lowest BCUT2D eigenvalue weighted by molar-refractivity contribution is -0.542. The molecule has 1 fully saturated rings. The zero-order chi connectivity index (χ0) is 22.9. The van der Waals surface area contributed by atoms with Gasteiger partial charge in [-0.05, 0) is 32.1 Å². The van der Waals surface area contributed by atoms with Gasteiger partial charge in [-0.1, -0.05) is 68.9 Å². The van der Waals surface area contributed by atoms with Gasteiger partial charge in [0.05, 0.1) is 4.90 Å². The molecular weight excluding hydrogens is 405 g/mol. The second kappa shape index (κ2) is 9.33. The van der Waals surface area contributed by atoms with E-state index in [1.165, 1.54) is 5.69 Å². The SMILES string of the molecule is Cc1ccc(S(=O)(=O)N2C[C@@H](C(C)C)[BH-]([n+]3ccc(N(C)C)cc3)[C@H](C(C)C)C2)cc1. The van der Waals surface area contributed by atoms with Crippen LogP contribution >= 0.6 is 0 Å². The molecule has 1 aromatic heterocycles. The summed E-state index contributed by atoms with van der Waals surface area (Å²) < 4.78 is 31.2. The lowest BCUT2D eigenvalue weighted by Gasteiger charge is -2.47. The lowest BCUT2D eigenvalue weighted by atomic mass is 9.37. The Morgan fingerprint density at radius 3 is 1.84 bits per heavy atom.